The first-order valence-corrected chi connectivity index (χ1v) is 6.48. The Morgan fingerprint density at radius 1 is 1.35 bits per heavy atom. The highest BCUT2D eigenvalue weighted by Crippen LogP contribution is 2.36. The van der Waals surface area contributed by atoms with E-state index in [4.69, 9.17) is 9.47 Å². The Morgan fingerprint density at radius 2 is 2.00 bits per heavy atom. The minimum atomic E-state index is -0.541. The third kappa shape index (κ3) is 4.55. The molecule has 4 atom stereocenters. The number of hydrogen-bond donors (Lipinski definition) is 1. The molecule has 1 fully saturated rings. The summed E-state index contributed by atoms with van der Waals surface area (Å²) < 4.78 is 10.0. The number of hydrogen-bond acceptors (Lipinski definition) is 6. The van der Waals surface area contributed by atoms with Crippen LogP contribution in [0.15, 0.2) is 0 Å². The molecule has 0 spiro atoms. The second-order valence-electron chi connectivity index (χ2n) is 4.24. The molecule has 0 radical (unpaired) electrons. The zero-order chi connectivity index (χ0) is 13.0. The molecule has 1 aliphatic rings. The lowest BCUT2D eigenvalue weighted by molar-refractivity contribution is -0.146. The van der Waals surface area contributed by atoms with Gasteiger partial charge in [-0.25, -0.2) is 0 Å². The van der Waals surface area contributed by atoms with Gasteiger partial charge in [-0.05, 0) is 6.42 Å². The Bertz CT molecular complexity index is 294. The monoisotopic (exact) mass is 262 g/mol. The fourth-order valence-corrected chi connectivity index (χ4v) is 3.05. The van der Waals surface area contributed by atoms with Gasteiger partial charge in [0.05, 0.1) is 11.4 Å². The number of thioether (sulfide) groups is 1. The maximum atomic E-state index is 10.9. The minimum absolute atomic E-state index is 0.0903. The second kappa shape index (κ2) is 6.26. The van der Waals surface area contributed by atoms with Gasteiger partial charge in [0.1, 0.15) is 6.61 Å². The van der Waals surface area contributed by atoms with Crippen molar-refractivity contribution in [1.29, 1.82) is 0 Å². The molecule has 1 N–H and O–H groups in total. The molecule has 5 nitrogen and oxygen atoms in total. The molecule has 4 unspecified atom stereocenters. The standard InChI is InChI=1S/C11H18O5S/c1-6-4-9(14)10(5-15-7(2)12)17-11(6)16-8(3)13/h6,9-11,14H,4-5H2,1-3H3. The van der Waals surface area contributed by atoms with Crippen LogP contribution < -0.4 is 0 Å². The molecule has 98 valence electrons. The number of esters is 2. The van der Waals surface area contributed by atoms with Crippen LogP contribution in [0.4, 0.5) is 0 Å². The molecule has 0 saturated carbocycles. The van der Waals surface area contributed by atoms with Crippen LogP contribution in [0.25, 0.3) is 0 Å². The van der Waals surface area contributed by atoms with Crippen LogP contribution in [0.3, 0.4) is 0 Å². The van der Waals surface area contributed by atoms with Crippen LogP contribution in [0, 0.1) is 5.92 Å². The Morgan fingerprint density at radius 3 is 2.53 bits per heavy atom. The number of aliphatic hydroxyl groups excluding tert-OH is 1. The summed E-state index contributed by atoms with van der Waals surface area (Å²) in [5.41, 5.74) is -0.281. The summed E-state index contributed by atoms with van der Waals surface area (Å²) in [6.45, 7) is 4.75. The first kappa shape index (κ1) is 14.3. The van der Waals surface area contributed by atoms with Gasteiger partial charge in [0.15, 0.2) is 5.44 Å². The molecule has 1 heterocycles. The van der Waals surface area contributed by atoms with E-state index >= 15 is 0 Å². The van der Waals surface area contributed by atoms with Gasteiger partial charge in [-0.1, -0.05) is 6.92 Å². The molecule has 0 aromatic heterocycles. The fourth-order valence-electron chi connectivity index (χ4n) is 1.70. The van der Waals surface area contributed by atoms with Gasteiger partial charge in [0, 0.05) is 19.8 Å². The largest absolute Gasteiger partial charge is 0.465 e. The molecule has 1 rings (SSSR count). The van der Waals surface area contributed by atoms with Gasteiger partial charge in [-0.2, -0.15) is 0 Å². The fraction of sp³-hybridized carbons (Fsp3) is 0.818. The summed E-state index contributed by atoms with van der Waals surface area (Å²) in [5.74, 6) is -0.620. The Labute approximate surface area is 105 Å². The van der Waals surface area contributed by atoms with E-state index in [9.17, 15) is 14.7 Å². The van der Waals surface area contributed by atoms with Crippen molar-refractivity contribution >= 4 is 23.7 Å². The lowest BCUT2D eigenvalue weighted by atomic mass is 10.0. The average molecular weight is 262 g/mol. The topological polar surface area (TPSA) is 72.8 Å². The molecule has 1 saturated heterocycles. The highest BCUT2D eigenvalue weighted by Gasteiger charge is 2.37. The normalized spacial score (nSPS) is 32.9. The summed E-state index contributed by atoms with van der Waals surface area (Å²) in [7, 11) is 0. The van der Waals surface area contributed by atoms with Gasteiger partial charge in [-0.3, -0.25) is 9.59 Å². The molecule has 0 bridgehead atoms. The highest BCUT2D eigenvalue weighted by molar-refractivity contribution is 8.00. The number of carbonyl (C=O) groups is 2. The molecule has 6 heteroatoms. The second-order valence-corrected chi connectivity index (χ2v) is 5.58. The van der Waals surface area contributed by atoms with E-state index in [2.05, 4.69) is 0 Å². The summed E-state index contributed by atoms with van der Waals surface area (Å²) in [4.78, 5) is 21.6. The van der Waals surface area contributed by atoms with Crippen molar-refractivity contribution in [2.24, 2.45) is 5.92 Å². The third-order valence-electron chi connectivity index (χ3n) is 2.55. The van der Waals surface area contributed by atoms with Crippen molar-refractivity contribution in [3.63, 3.8) is 0 Å². The zero-order valence-corrected chi connectivity index (χ0v) is 11.0. The van der Waals surface area contributed by atoms with Crippen LogP contribution >= 0.6 is 11.8 Å². The van der Waals surface area contributed by atoms with Crippen molar-refractivity contribution in [3.05, 3.63) is 0 Å². The first-order chi connectivity index (χ1) is 7.90. The maximum absolute atomic E-state index is 10.9. The summed E-state index contributed by atoms with van der Waals surface area (Å²) in [5, 5.41) is 9.61. The predicted octanol–water partition coefficient (Wildman–Crippen LogP) is 0.941. The van der Waals surface area contributed by atoms with Gasteiger partial charge in [0.2, 0.25) is 0 Å². The molecule has 0 aromatic rings. The first-order valence-electron chi connectivity index (χ1n) is 5.54. The summed E-state index contributed by atoms with van der Waals surface area (Å²) in [6, 6.07) is 0. The van der Waals surface area contributed by atoms with Crippen molar-refractivity contribution in [3.8, 4) is 0 Å². The lowest BCUT2D eigenvalue weighted by Crippen LogP contribution is -2.40. The number of ether oxygens (including phenoxy) is 2. The van der Waals surface area contributed by atoms with Crippen LogP contribution in [0.5, 0.6) is 0 Å². The molecule has 0 aromatic carbocycles. The van der Waals surface area contributed by atoms with Gasteiger partial charge >= 0.3 is 11.9 Å². The van der Waals surface area contributed by atoms with E-state index in [-0.39, 0.29) is 35.1 Å². The smallest absolute Gasteiger partial charge is 0.303 e. The van der Waals surface area contributed by atoms with Gasteiger partial charge in [0.25, 0.3) is 0 Å². The molecule has 0 amide bonds. The average Bonchev–Trinajstić information content (AvgIpc) is 2.19. The molecule has 17 heavy (non-hydrogen) atoms. The van der Waals surface area contributed by atoms with Crippen LogP contribution in [0.2, 0.25) is 0 Å². The Hall–Kier alpha value is -0.750. The molecule has 1 aliphatic heterocycles. The molecular weight excluding hydrogens is 244 g/mol. The number of carbonyl (C=O) groups excluding carboxylic acids is 2. The predicted molar refractivity (Wildman–Crippen MR) is 63.4 cm³/mol. The Kier molecular flexibility index (Phi) is 5.27. The Balaban J connectivity index is 2.53. The quantitative estimate of drug-likeness (QED) is 0.763. The van der Waals surface area contributed by atoms with Crippen molar-refractivity contribution in [2.45, 2.75) is 44.0 Å². The summed E-state index contributed by atoms with van der Waals surface area (Å²) >= 11 is 1.35. The van der Waals surface area contributed by atoms with Crippen LogP contribution in [0.1, 0.15) is 27.2 Å². The maximum Gasteiger partial charge on any atom is 0.303 e. The van der Waals surface area contributed by atoms with E-state index in [1.54, 1.807) is 0 Å². The number of rotatable bonds is 3. The van der Waals surface area contributed by atoms with Crippen LogP contribution in [-0.4, -0.2) is 40.4 Å². The van der Waals surface area contributed by atoms with Crippen molar-refractivity contribution < 1.29 is 24.2 Å². The summed E-state index contributed by atoms with van der Waals surface area (Å²) in [6.07, 6.45) is -0.00202. The molecular formula is C11H18O5S. The van der Waals surface area contributed by atoms with E-state index < -0.39 is 6.10 Å². The zero-order valence-electron chi connectivity index (χ0n) is 10.2. The SMILES string of the molecule is CC(=O)OCC1SC(OC(C)=O)C(C)CC1O. The minimum Gasteiger partial charge on any atom is -0.465 e. The van der Waals surface area contributed by atoms with Gasteiger partial charge in [-0.15, -0.1) is 11.8 Å². The van der Waals surface area contributed by atoms with E-state index in [0.717, 1.165) is 0 Å². The van der Waals surface area contributed by atoms with E-state index in [1.807, 2.05) is 6.92 Å². The number of aliphatic hydroxyl groups is 1. The van der Waals surface area contributed by atoms with Crippen LogP contribution in [-0.2, 0) is 19.1 Å². The van der Waals surface area contributed by atoms with E-state index in [1.165, 1.54) is 25.6 Å². The lowest BCUT2D eigenvalue weighted by Gasteiger charge is -2.36. The van der Waals surface area contributed by atoms with Crippen molar-refractivity contribution in [1.82, 2.24) is 0 Å². The highest BCUT2D eigenvalue weighted by atomic mass is 32.2. The van der Waals surface area contributed by atoms with E-state index in [0.29, 0.717) is 6.42 Å². The third-order valence-corrected chi connectivity index (χ3v) is 4.18. The van der Waals surface area contributed by atoms with Crippen molar-refractivity contribution in [2.75, 3.05) is 6.61 Å². The van der Waals surface area contributed by atoms with Gasteiger partial charge < -0.3 is 14.6 Å². The molecule has 0 aliphatic carbocycles.